The molecule has 2 heterocycles. The molecule has 4 aromatic carbocycles. The maximum atomic E-state index is 14.3. The van der Waals surface area contributed by atoms with Gasteiger partial charge in [-0.1, -0.05) is 66.2 Å². The molecule has 5 aromatic rings. The van der Waals surface area contributed by atoms with Gasteiger partial charge in [0.1, 0.15) is 24.2 Å². The summed E-state index contributed by atoms with van der Waals surface area (Å²) in [5, 5.41) is 9.65. The van der Waals surface area contributed by atoms with E-state index in [1.165, 1.54) is 12.1 Å². The van der Waals surface area contributed by atoms with Crippen molar-refractivity contribution in [1.82, 2.24) is 14.5 Å². The highest BCUT2D eigenvalue weighted by Gasteiger charge is 2.34. The molecule has 0 spiro atoms. The average molecular weight is 680 g/mol. The number of nitrogens with zero attached hydrogens (tertiary/aromatic N) is 5. The molecule has 1 aliphatic rings. The topological polar surface area (TPSA) is 74.4 Å². The molecule has 7 nitrogen and oxygen atoms in total. The first-order valence-electron chi connectivity index (χ1n) is 15.7. The van der Waals surface area contributed by atoms with Crippen molar-refractivity contribution < 1.29 is 13.9 Å². The molecule has 1 amide bonds. The first-order valence-corrected chi connectivity index (χ1v) is 17.5. The van der Waals surface area contributed by atoms with Crippen LogP contribution in [0.25, 0.3) is 11.1 Å². The maximum absolute atomic E-state index is 14.3. The molecule has 0 saturated carbocycles. The van der Waals surface area contributed by atoms with Crippen molar-refractivity contribution in [3.63, 3.8) is 0 Å². The molecule has 1 fully saturated rings. The number of nitriles is 1. The fourth-order valence-corrected chi connectivity index (χ4v) is 6.68. The number of piperazine rings is 1. The predicted molar refractivity (Wildman–Crippen MR) is 190 cm³/mol. The second-order valence-electron chi connectivity index (χ2n) is 11.7. The summed E-state index contributed by atoms with van der Waals surface area (Å²) in [6.45, 7) is 2.11. The molecular formula is C38H35ClFN5O2S. The Morgan fingerprint density at radius 1 is 1.02 bits per heavy atom. The number of imidazole rings is 1. The van der Waals surface area contributed by atoms with E-state index >= 15 is 0 Å². The lowest BCUT2D eigenvalue weighted by atomic mass is 10.0. The predicted octanol–water partition coefficient (Wildman–Crippen LogP) is 7.81. The molecule has 1 saturated heterocycles. The molecule has 0 radical (unpaired) electrons. The number of thioether (sulfide) groups is 1. The highest BCUT2D eigenvalue weighted by atomic mass is 35.5. The standard InChI is InChI=1S/C38H35ClFN5O2S/c1-48-15-14-32-23-45(38(46)24-43(32)22-33-20-42-26-44(33)21-28-10-11-30(19-41)36(40)16-28)37-18-31(39)12-13-35(37)29-8-5-9-34(17-29)47-25-27-6-3-2-4-7-27/h2-13,16-18,20,26,32H,14-15,21-25H2,1H3. The number of rotatable bonds is 12. The van der Waals surface area contributed by atoms with Gasteiger partial charge >= 0.3 is 0 Å². The number of halogens is 2. The molecule has 0 N–H and O–H groups in total. The van der Waals surface area contributed by atoms with E-state index in [0.29, 0.717) is 31.3 Å². The Hall–Kier alpha value is -4.62. The number of aromatic nitrogens is 2. The number of hydrogen-bond acceptors (Lipinski definition) is 6. The number of amides is 1. The van der Waals surface area contributed by atoms with Crippen LogP contribution in [-0.4, -0.2) is 51.5 Å². The number of ether oxygens (including phenoxy) is 1. The summed E-state index contributed by atoms with van der Waals surface area (Å²) in [5.74, 6) is 1.13. The minimum Gasteiger partial charge on any atom is -0.489 e. The quantitative estimate of drug-likeness (QED) is 0.134. The Labute approximate surface area is 289 Å². The summed E-state index contributed by atoms with van der Waals surface area (Å²) in [7, 11) is 0. The van der Waals surface area contributed by atoms with Gasteiger partial charge in [-0.2, -0.15) is 17.0 Å². The van der Waals surface area contributed by atoms with Crippen LogP contribution in [0, 0.1) is 17.1 Å². The third kappa shape index (κ3) is 7.91. The molecule has 1 aliphatic heterocycles. The maximum Gasteiger partial charge on any atom is 0.241 e. The fraction of sp³-hybridized carbons (Fsp3) is 0.237. The van der Waals surface area contributed by atoms with Crippen LogP contribution in [0.2, 0.25) is 5.02 Å². The first kappa shape index (κ1) is 33.3. The van der Waals surface area contributed by atoms with E-state index < -0.39 is 5.82 Å². The molecule has 0 aliphatic carbocycles. The van der Waals surface area contributed by atoms with E-state index in [-0.39, 0.29) is 24.1 Å². The van der Waals surface area contributed by atoms with E-state index in [1.807, 2.05) is 88.3 Å². The number of carbonyl (C=O) groups excluding carboxylic acids is 1. The molecule has 1 atom stereocenters. The minimum atomic E-state index is -0.540. The summed E-state index contributed by atoms with van der Waals surface area (Å²) in [4.78, 5) is 22.4. The number of hydrogen-bond donors (Lipinski definition) is 0. The SMILES string of the molecule is CSCCC1CN(c2cc(Cl)ccc2-c2cccc(OCc3ccccc3)c2)C(=O)CN1Cc1cncn1Cc1ccc(C#N)c(F)c1. The Bertz CT molecular complexity index is 1930. The van der Waals surface area contributed by atoms with E-state index in [0.717, 1.165) is 51.6 Å². The van der Waals surface area contributed by atoms with Crippen LogP contribution in [-0.2, 0) is 24.5 Å². The largest absolute Gasteiger partial charge is 0.489 e. The van der Waals surface area contributed by atoms with Crippen LogP contribution in [0.3, 0.4) is 0 Å². The van der Waals surface area contributed by atoms with Gasteiger partial charge < -0.3 is 14.2 Å². The Morgan fingerprint density at radius 3 is 2.67 bits per heavy atom. The monoisotopic (exact) mass is 679 g/mol. The second kappa shape index (κ2) is 15.5. The molecule has 1 aromatic heterocycles. The van der Waals surface area contributed by atoms with Gasteiger partial charge in [-0.3, -0.25) is 9.69 Å². The minimum absolute atomic E-state index is 0.0179. The van der Waals surface area contributed by atoms with Gasteiger partial charge in [0.25, 0.3) is 0 Å². The highest BCUT2D eigenvalue weighted by molar-refractivity contribution is 7.98. The van der Waals surface area contributed by atoms with Crippen LogP contribution in [0.5, 0.6) is 5.75 Å². The Balaban J connectivity index is 1.23. The third-order valence-corrected chi connectivity index (χ3v) is 9.40. The van der Waals surface area contributed by atoms with Crippen molar-refractivity contribution in [2.45, 2.75) is 32.2 Å². The summed E-state index contributed by atoms with van der Waals surface area (Å²) in [6.07, 6.45) is 6.49. The van der Waals surface area contributed by atoms with Gasteiger partial charge in [-0.15, -0.1) is 0 Å². The molecule has 0 bridgehead atoms. The lowest BCUT2D eigenvalue weighted by molar-refractivity contribution is -0.122. The summed E-state index contributed by atoms with van der Waals surface area (Å²) in [6, 6.07) is 30.2. The third-order valence-electron chi connectivity index (χ3n) is 8.52. The van der Waals surface area contributed by atoms with Gasteiger partial charge in [0.15, 0.2) is 0 Å². The first-order chi connectivity index (χ1) is 23.4. The van der Waals surface area contributed by atoms with Crippen molar-refractivity contribution in [2.75, 3.05) is 30.0 Å². The normalized spacial score (nSPS) is 15.0. The zero-order valence-electron chi connectivity index (χ0n) is 26.6. The summed E-state index contributed by atoms with van der Waals surface area (Å²) in [5.41, 5.74) is 5.37. The van der Waals surface area contributed by atoms with E-state index in [1.54, 1.807) is 30.4 Å². The van der Waals surface area contributed by atoms with Crippen molar-refractivity contribution in [1.29, 1.82) is 5.26 Å². The van der Waals surface area contributed by atoms with Crippen molar-refractivity contribution in [3.8, 4) is 22.9 Å². The number of benzene rings is 4. The van der Waals surface area contributed by atoms with Crippen LogP contribution in [0.4, 0.5) is 10.1 Å². The van der Waals surface area contributed by atoms with Crippen LogP contribution in [0.1, 0.15) is 28.8 Å². The van der Waals surface area contributed by atoms with Gasteiger partial charge in [0, 0.05) is 42.5 Å². The Morgan fingerprint density at radius 2 is 1.88 bits per heavy atom. The summed E-state index contributed by atoms with van der Waals surface area (Å²) >= 11 is 8.33. The van der Waals surface area contributed by atoms with Crippen LogP contribution >= 0.6 is 23.4 Å². The van der Waals surface area contributed by atoms with E-state index in [2.05, 4.69) is 16.1 Å². The van der Waals surface area contributed by atoms with Gasteiger partial charge in [0.05, 0.1) is 29.8 Å². The second-order valence-corrected chi connectivity index (χ2v) is 13.2. The lowest BCUT2D eigenvalue weighted by Crippen LogP contribution is -2.56. The van der Waals surface area contributed by atoms with Gasteiger partial charge in [0.2, 0.25) is 5.91 Å². The fourth-order valence-electron chi connectivity index (χ4n) is 6.00. The lowest BCUT2D eigenvalue weighted by Gasteiger charge is -2.41. The van der Waals surface area contributed by atoms with Crippen LogP contribution < -0.4 is 9.64 Å². The molecule has 48 heavy (non-hydrogen) atoms. The molecule has 1 unspecified atom stereocenters. The van der Waals surface area contributed by atoms with Crippen molar-refractivity contribution in [3.05, 3.63) is 137 Å². The number of carbonyl (C=O) groups is 1. The number of anilines is 1. The van der Waals surface area contributed by atoms with E-state index in [9.17, 15) is 9.18 Å². The average Bonchev–Trinajstić information content (AvgIpc) is 3.53. The highest BCUT2D eigenvalue weighted by Crippen LogP contribution is 2.37. The molecule has 6 rings (SSSR count). The van der Waals surface area contributed by atoms with Crippen molar-refractivity contribution >= 4 is 35.0 Å². The van der Waals surface area contributed by atoms with Gasteiger partial charge in [-0.25, -0.2) is 9.37 Å². The summed E-state index contributed by atoms with van der Waals surface area (Å²) < 4.78 is 22.4. The zero-order valence-corrected chi connectivity index (χ0v) is 28.1. The smallest absolute Gasteiger partial charge is 0.241 e. The zero-order chi connectivity index (χ0) is 33.5. The molecule has 10 heteroatoms. The molecular weight excluding hydrogens is 645 g/mol. The Kier molecular flexibility index (Phi) is 10.8. The van der Waals surface area contributed by atoms with Crippen LogP contribution in [0.15, 0.2) is 104 Å². The van der Waals surface area contributed by atoms with Gasteiger partial charge in [-0.05, 0) is 71.5 Å². The van der Waals surface area contributed by atoms with E-state index in [4.69, 9.17) is 21.6 Å². The molecule has 244 valence electrons. The van der Waals surface area contributed by atoms with Crippen molar-refractivity contribution in [2.24, 2.45) is 0 Å².